The monoisotopic (exact) mass is 336 g/mol. The molecule has 0 aliphatic heterocycles. The van der Waals surface area contributed by atoms with Crippen molar-refractivity contribution in [2.75, 3.05) is 19.7 Å². The molecule has 0 spiro atoms. The van der Waals surface area contributed by atoms with E-state index in [0.717, 1.165) is 30.6 Å². The molecule has 3 N–H and O–H groups in total. The molecule has 1 amide bonds. The first-order valence-electron chi connectivity index (χ1n) is 8.93. The molecule has 1 rings (SSSR count). The van der Waals surface area contributed by atoms with Crippen molar-refractivity contribution in [3.63, 3.8) is 0 Å². The highest BCUT2D eigenvalue weighted by Gasteiger charge is 2.12. The van der Waals surface area contributed by atoms with Crippen molar-refractivity contribution in [3.8, 4) is 5.75 Å². The summed E-state index contributed by atoms with van der Waals surface area (Å²) in [7, 11) is 0. The summed E-state index contributed by atoms with van der Waals surface area (Å²) >= 11 is 0. The number of ether oxygens (including phenoxy) is 1. The lowest BCUT2D eigenvalue weighted by Crippen LogP contribution is -2.35. The number of aliphatic hydroxyl groups is 1. The Morgan fingerprint density at radius 3 is 2.62 bits per heavy atom. The minimum Gasteiger partial charge on any atom is -0.491 e. The Kier molecular flexibility index (Phi) is 9.42. The number of carbonyl (C=O) groups excluding carboxylic acids is 1. The van der Waals surface area contributed by atoms with Gasteiger partial charge in [0.05, 0.1) is 0 Å². The van der Waals surface area contributed by atoms with Crippen LogP contribution in [0.1, 0.15) is 56.5 Å². The molecule has 0 aliphatic carbocycles. The molecule has 5 heteroatoms. The molecule has 0 aromatic heterocycles. The highest BCUT2D eigenvalue weighted by molar-refractivity contribution is 5.94. The molecule has 0 radical (unpaired) electrons. The molecule has 1 aromatic rings. The summed E-state index contributed by atoms with van der Waals surface area (Å²) in [5.41, 5.74) is 1.66. The van der Waals surface area contributed by atoms with Crippen LogP contribution in [-0.2, 0) is 6.42 Å². The molecule has 5 nitrogen and oxygen atoms in total. The number of nitrogens with one attached hydrogen (secondary N) is 2. The molecule has 1 unspecified atom stereocenters. The fourth-order valence-electron chi connectivity index (χ4n) is 2.28. The third kappa shape index (κ3) is 7.32. The van der Waals surface area contributed by atoms with Crippen LogP contribution in [0.25, 0.3) is 0 Å². The highest BCUT2D eigenvalue weighted by atomic mass is 16.5. The zero-order valence-electron chi connectivity index (χ0n) is 15.4. The van der Waals surface area contributed by atoms with E-state index in [4.69, 9.17) is 4.74 Å². The van der Waals surface area contributed by atoms with Crippen molar-refractivity contribution >= 4 is 5.91 Å². The fourth-order valence-corrected chi connectivity index (χ4v) is 2.28. The number of aryl methyl sites for hydroxylation is 1. The Balaban J connectivity index is 2.70. The Morgan fingerprint density at radius 2 is 2.00 bits per heavy atom. The molecule has 0 aliphatic rings. The first-order chi connectivity index (χ1) is 11.5. The molecule has 0 saturated carbocycles. The van der Waals surface area contributed by atoms with Crippen LogP contribution in [0, 0.1) is 0 Å². The van der Waals surface area contributed by atoms with Gasteiger partial charge in [0, 0.05) is 24.7 Å². The summed E-state index contributed by atoms with van der Waals surface area (Å²) in [6.45, 7) is 9.60. The second kappa shape index (κ2) is 11.0. The maximum absolute atomic E-state index is 12.1. The second-order valence-electron chi connectivity index (χ2n) is 6.36. The highest BCUT2D eigenvalue weighted by Crippen LogP contribution is 2.22. The lowest BCUT2D eigenvalue weighted by atomic mass is 10.0. The number of hydrogen-bond acceptors (Lipinski definition) is 4. The van der Waals surface area contributed by atoms with E-state index in [1.165, 1.54) is 0 Å². The van der Waals surface area contributed by atoms with Gasteiger partial charge in [0.15, 0.2) is 0 Å². The van der Waals surface area contributed by atoms with E-state index in [-0.39, 0.29) is 12.5 Å². The maximum Gasteiger partial charge on any atom is 0.251 e. The van der Waals surface area contributed by atoms with Gasteiger partial charge >= 0.3 is 0 Å². The number of rotatable bonds is 11. The van der Waals surface area contributed by atoms with E-state index in [1.54, 1.807) is 6.07 Å². The first kappa shape index (κ1) is 20.5. The molecule has 1 atom stereocenters. The minimum atomic E-state index is -0.561. The average Bonchev–Trinajstić information content (AvgIpc) is 2.56. The normalized spacial score (nSPS) is 12.2. The predicted octanol–water partition coefficient (Wildman–Crippen LogP) is 2.52. The van der Waals surface area contributed by atoms with E-state index in [9.17, 15) is 9.90 Å². The average molecular weight is 336 g/mol. The summed E-state index contributed by atoms with van der Waals surface area (Å²) < 4.78 is 5.78. The van der Waals surface area contributed by atoms with E-state index in [1.807, 2.05) is 32.9 Å². The standard InChI is InChI=1S/C19H32N2O3/c1-5-7-15-11-16(19(23)20-10-6-2)8-9-18(15)24-13-17(22)12-21-14(3)4/h8-9,11,14,17,21-22H,5-7,10,12-13H2,1-4H3,(H,20,23). The van der Waals surface area contributed by atoms with E-state index in [0.29, 0.717) is 24.7 Å². The van der Waals surface area contributed by atoms with Crippen LogP contribution in [0.4, 0.5) is 0 Å². The van der Waals surface area contributed by atoms with E-state index >= 15 is 0 Å². The van der Waals surface area contributed by atoms with Crippen LogP contribution in [-0.4, -0.2) is 42.9 Å². The first-order valence-corrected chi connectivity index (χ1v) is 8.93. The SMILES string of the molecule is CCCNC(=O)c1ccc(OCC(O)CNC(C)C)c(CCC)c1. The van der Waals surface area contributed by atoms with Gasteiger partial charge in [-0.1, -0.05) is 34.1 Å². The summed E-state index contributed by atoms with van der Waals surface area (Å²) in [6.07, 6.45) is 2.16. The number of benzene rings is 1. The lowest BCUT2D eigenvalue weighted by Gasteiger charge is -2.17. The molecule has 1 aromatic carbocycles. The van der Waals surface area contributed by atoms with Crippen LogP contribution >= 0.6 is 0 Å². The van der Waals surface area contributed by atoms with Gasteiger partial charge in [0.1, 0.15) is 18.5 Å². The zero-order chi connectivity index (χ0) is 17.9. The number of amides is 1. The largest absolute Gasteiger partial charge is 0.491 e. The molecule has 0 saturated heterocycles. The molecular weight excluding hydrogens is 304 g/mol. The predicted molar refractivity (Wildman–Crippen MR) is 97.7 cm³/mol. The summed E-state index contributed by atoms with van der Waals surface area (Å²) in [4.78, 5) is 12.1. The van der Waals surface area contributed by atoms with Gasteiger partial charge < -0.3 is 20.5 Å². The van der Waals surface area contributed by atoms with Crippen molar-refractivity contribution in [1.82, 2.24) is 10.6 Å². The van der Waals surface area contributed by atoms with Gasteiger partial charge in [-0.15, -0.1) is 0 Å². The number of aliphatic hydroxyl groups excluding tert-OH is 1. The van der Waals surface area contributed by atoms with Crippen LogP contribution < -0.4 is 15.4 Å². The van der Waals surface area contributed by atoms with Crippen molar-refractivity contribution in [1.29, 1.82) is 0 Å². The maximum atomic E-state index is 12.1. The van der Waals surface area contributed by atoms with Crippen molar-refractivity contribution in [2.45, 2.75) is 59.1 Å². The van der Waals surface area contributed by atoms with E-state index < -0.39 is 6.10 Å². The van der Waals surface area contributed by atoms with Gasteiger partial charge in [-0.25, -0.2) is 0 Å². The fraction of sp³-hybridized carbons (Fsp3) is 0.632. The third-order valence-electron chi connectivity index (χ3n) is 3.57. The van der Waals surface area contributed by atoms with Gasteiger partial charge in [-0.2, -0.15) is 0 Å². The van der Waals surface area contributed by atoms with Crippen molar-refractivity contribution < 1.29 is 14.6 Å². The van der Waals surface area contributed by atoms with Crippen LogP contribution in [0.2, 0.25) is 0 Å². The molecule has 24 heavy (non-hydrogen) atoms. The van der Waals surface area contributed by atoms with E-state index in [2.05, 4.69) is 17.6 Å². The lowest BCUT2D eigenvalue weighted by molar-refractivity contribution is 0.0952. The zero-order valence-corrected chi connectivity index (χ0v) is 15.4. The van der Waals surface area contributed by atoms with Gasteiger partial charge in [0.2, 0.25) is 0 Å². The number of hydrogen-bond donors (Lipinski definition) is 3. The van der Waals surface area contributed by atoms with Gasteiger partial charge in [-0.05, 0) is 36.6 Å². The van der Waals surface area contributed by atoms with Crippen molar-refractivity contribution in [3.05, 3.63) is 29.3 Å². The Bertz CT molecular complexity index is 503. The molecule has 0 bridgehead atoms. The summed E-state index contributed by atoms with van der Waals surface area (Å²) in [5, 5.41) is 16.0. The molecule has 0 fully saturated rings. The van der Waals surface area contributed by atoms with Gasteiger partial charge in [-0.3, -0.25) is 4.79 Å². The second-order valence-corrected chi connectivity index (χ2v) is 6.36. The summed E-state index contributed by atoms with van der Waals surface area (Å²) in [5.74, 6) is 0.689. The smallest absolute Gasteiger partial charge is 0.251 e. The van der Waals surface area contributed by atoms with Crippen LogP contribution in [0.15, 0.2) is 18.2 Å². The van der Waals surface area contributed by atoms with Crippen LogP contribution in [0.3, 0.4) is 0 Å². The topological polar surface area (TPSA) is 70.6 Å². The summed E-state index contributed by atoms with van der Waals surface area (Å²) in [6, 6.07) is 5.83. The molecule has 0 heterocycles. The minimum absolute atomic E-state index is 0.0538. The molecule has 136 valence electrons. The number of carbonyl (C=O) groups is 1. The van der Waals surface area contributed by atoms with Crippen molar-refractivity contribution in [2.24, 2.45) is 0 Å². The molecular formula is C19H32N2O3. The Hall–Kier alpha value is -1.59. The van der Waals surface area contributed by atoms with Gasteiger partial charge in [0.25, 0.3) is 5.91 Å². The Morgan fingerprint density at radius 1 is 1.25 bits per heavy atom. The quantitative estimate of drug-likeness (QED) is 0.581. The Labute approximate surface area is 145 Å². The van der Waals surface area contributed by atoms with Crippen LogP contribution in [0.5, 0.6) is 5.75 Å². The third-order valence-corrected chi connectivity index (χ3v) is 3.57.